The Hall–Kier alpha value is -3.36. The lowest BCUT2D eigenvalue weighted by Crippen LogP contribution is -1.96. The summed E-state index contributed by atoms with van der Waals surface area (Å²) in [6, 6.07) is 17.7. The van der Waals surface area contributed by atoms with E-state index in [-0.39, 0.29) is 0 Å². The molecule has 0 radical (unpaired) electrons. The van der Waals surface area contributed by atoms with Gasteiger partial charge in [0.15, 0.2) is 11.5 Å². The van der Waals surface area contributed by atoms with Crippen LogP contribution in [0.25, 0.3) is 22.9 Å². The zero-order valence-electron chi connectivity index (χ0n) is 14.9. The number of allylic oxidation sites excluding steroid dienone is 1. The van der Waals surface area contributed by atoms with Crippen LogP contribution in [-0.4, -0.2) is 18.7 Å². The monoisotopic (exact) mass is 374 g/mol. The third kappa shape index (κ3) is 4.43. The first-order chi connectivity index (χ1) is 13.2. The summed E-state index contributed by atoms with van der Waals surface area (Å²) in [5.41, 5.74) is 3.24. The van der Waals surface area contributed by atoms with E-state index < -0.39 is 0 Å². The van der Waals surface area contributed by atoms with Gasteiger partial charge in [-0.25, -0.2) is 4.98 Å². The summed E-state index contributed by atoms with van der Waals surface area (Å²) in [5.74, 6) is 1.24. The van der Waals surface area contributed by atoms with Crippen LogP contribution in [0.15, 0.2) is 66.6 Å². The van der Waals surface area contributed by atoms with Crippen molar-refractivity contribution in [1.29, 1.82) is 5.26 Å². The number of methoxy groups -OCH3 is 1. The van der Waals surface area contributed by atoms with Gasteiger partial charge in [-0.15, -0.1) is 11.3 Å². The van der Waals surface area contributed by atoms with Crippen molar-refractivity contribution in [3.05, 3.63) is 77.1 Å². The Morgan fingerprint density at radius 3 is 2.74 bits per heavy atom. The van der Waals surface area contributed by atoms with Crippen molar-refractivity contribution in [1.82, 2.24) is 4.98 Å². The molecule has 0 aliphatic carbocycles. The van der Waals surface area contributed by atoms with Crippen LogP contribution in [0.1, 0.15) is 10.6 Å². The van der Waals surface area contributed by atoms with Gasteiger partial charge in [-0.05, 0) is 23.8 Å². The first-order valence-corrected chi connectivity index (χ1v) is 9.18. The predicted molar refractivity (Wildman–Crippen MR) is 110 cm³/mol. The second kappa shape index (κ2) is 8.84. The van der Waals surface area contributed by atoms with E-state index in [0.29, 0.717) is 28.7 Å². The van der Waals surface area contributed by atoms with Crippen LogP contribution in [0.2, 0.25) is 0 Å². The molecular formula is C22H18N2O2S. The zero-order valence-corrected chi connectivity index (χ0v) is 15.7. The van der Waals surface area contributed by atoms with Gasteiger partial charge in [-0.1, -0.05) is 49.1 Å². The van der Waals surface area contributed by atoms with Crippen LogP contribution < -0.4 is 9.47 Å². The number of thiazole rings is 1. The van der Waals surface area contributed by atoms with Gasteiger partial charge in [0, 0.05) is 10.9 Å². The molecule has 0 bridgehead atoms. The largest absolute Gasteiger partial charge is 0.493 e. The molecule has 3 rings (SSSR count). The second-order valence-corrected chi connectivity index (χ2v) is 6.44. The number of hydrogen-bond acceptors (Lipinski definition) is 5. The fourth-order valence-corrected chi connectivity index (χ4v) is 3.28. The number of benzene rings is 2. The zero-order chi connectivity index (χ0) is 19.1. The minimum absolute atomic E-state index is 0.399. The lowest BCUT2D eigenvalue weighted by Gasteiger charge is -2.09. The smallest absolute Gasteiger partial charge is 0.161 e. The molecule has 0 spiro atoms. The van der Waals surface area contributed by atoms with E-state index in [1.807, 2.05) is 53.9 Å². The first kappa shape index (κ1) is 18.4. The number of ether oxygens (including phenoxy) is 2. The van der Waals surface area contributed by atoms with E-state index in [0.717, 1.165) is 16.8 Å². The maximum atomic E-state index is 9.60. The Morgan fingerprint density at radius 2 is 2.04 bits per heavy atom. The molecule has 2 aromatic carbocycles. The van der Waals surface area contributed by atoms with Gasteiger partial charge >= 0.3 is 0 Å². The van der Waals surface area contributed by atoms with Crippen molar-refractivity contribution in [2.24, 2.45) is 0 Å². The summed E-state index contributed by atoms with van der Waals surface area (Å²) in [5, 5.41) is 12.2. The minimum Gasteiger partial charge on any atom is -0.493 e. The molecule has 0 atom stereocenters. The maximum absolute atomic E-state index is 9.60. The van der Waals surface area contributed by atoms with E-state index in [4.69, 9.17) is 9.47 Å². The summed E-state index contributed by atoms with van der Waals surface area (Å²) in [6.45, 7) is 4.04. The minimum atomic E-state index is 0.399. The number of rotatable bonds is 7. The second-order valence-electron chi connectivity index (χ2n) is 5.58. The van der Waals surface area contributed by atoms with E-state index in [1.54, 1.807) is 19.3 Å². The molecule has 0 fully saturated rings. The molecule has 0 aliphatic rings. The molecule has 134 valence electrons. The molecule has 0 N–H and O–H groups in total. The van der Waals surface area contributed by atoms with Crippen LogP contribution in [0.3, 0.4) is 0 Å². The topological polar surface area (TPSA) is 55.1 Å². The molecule has 0 unspecified atom stereocenters. The summed E-state index contributed by atoms with van der Waals surface area (Å²) < 4.78 is 10.9. The Morgan fingerprint density at radius 1 is 1.22 bits per heavy atom. The van der Waals surface area contributed by atoms with E-state index in [2.05, 4.69) is 17.6 Å². The molecule has 27 heavy (non-hydrogen) atoms. The SMILES string of the molecule is C=CCOc1ccc(/C=C(\C#N)c2nc(-c3ccccc3)cs2)cc1OC. The fourth-order valence-electron chi connectivity index (χ4n) is 2.49. The van der Waals surface area contributed by atoms with Crippen molar-refractivity contribution in [3.63, 3.8) is 0 Å². The summed E-state index contributed by atoms with van der Waals surface area (Å²) in [4.78, 5) is 4.61. The Bertz CT molecular complexity index is 1000. The van der Waals surface area contributed by atoms with Crippen molar-refractivity contribution in [3.8, 4) is 28.8 Å². The molecule has 0 saturated heterocycles. The highest BCUT2D eigenvalue weighted by atomic mass is 32.1. The van der Waals surface area contributed by atoms with Gasteiger partial charge in [0.1, 0.15) is 17.7 Å². The Labute approximate surface area is 162 Å². The van der Waals surface area contributed by atoms with Gasteiger partial charge < -0.3 is 9.47 Å². The van der Waals surface area contributed by atoms with E-state index in [1.165, 1.54) is 11.3 Å². The standard InChI is InChI=1S/C22H18N2O2S/c1-3-11-26-20-10-9-16(13-21(20)25-2)12-18(14-23)22-24-19(15-27-22)17-7-5-4-6-8-17/h3-10,12-13,15H,1,11H2,2H3/b18-12+. The van der Waals surface area contributed by atoms with Gasteiger partial charge in [0.25, 0.3) is 0 Å². The van der Waals surface area contributed by atoms with Crippen molar-refractivity contribution >= 4 is 23.0 Å². The average Bonchev–Trinajstić information content (AvgIpc) is 3.21. The molecule has 1 aromatic heterocycles. The van der Waals surface area contributed by atoms with Crippen LogP contribution in [0.4, 0.5) is 0 Å². The van der Waals surface area contributed by atoms with Crippen molar-refractivity contribution in [2.45, 2.75) is 0 Å². The van der Waals surface area contributed by atoms with Gasteiger partial charge in [0.05, 0.1) is 18.4 Å². The first-order valence-electron chi connectivity index (χ1n) is 8.30. The summed E-state index contributed by atoms with van der Waals surface area (Å²) in [7, 11) is 1.59. The van der Waals surface area contributed by atoms with Gasteiger partial charge in [-0.2, -0.15) is 5.26 Å². The van der Waals surface area contributed by atoms with Crippen LogP contribution >= 0.6 is 11.3 Å². The lowest BCUT2D eigenvalue weighted by atomic mass is 10.1. The molecule has 3 aromatic rings. The molecule has 0 saturated carbocycles. The Balaban J connectivity index is 1.90. The normalized spacial score (nSPS) is 10.9. The third-order valence-electron chi connectivity index (χ3n) is 3.78. The molecule has 0 aliphatic heterocycles. The quantitative estimate of drug-likeness (QED) is 0.408. The van der Waals surface area contributed by atoms with Crippen molar-refractivity contribution < 1.29 is 9.47 Å². The van der Waals surface area contributed by atoms with Crippen molar-refractivity contribution in [2.75, 3.05) is 13.7 Å². The van der Waals surface area contributed by atoms with Gasteiger partial charge in [-0.3, -0.25) is 0 Å². The summed E-state index contributed by atoms with van der Waals surface area (Å²) >= 11 is 1.45. The predicted octanol–water partition coefficient (Wildman–Crippen LogP) is 5.45. The highest BCUT2D eigenvalue weighted by Gasteiger charge is 2.10. The fraction of sp³-hybridized carbons (Fsp3) is 0.0909. The van der Waals surface area contributed by atoms with Crippen LogP contribution in [-0.2, 0) is 0 Å². The molecule has 5 heteroatoms. The third-order valence-corrected chi connectivity index (χ3v) is 4.66. The molecule has 1 heterocycles. The van der Waals surface area contributed by atoms with Crippen LogP contribution in [0, 0.1) is 11.3 Å². The van der Waals surface area contributed by atoms with Gasteiger partial charge in [0.2, 0.25) is 0 Å². The highest BCUT2D eigenvalue weighted by Crippen LogP contribution is 2.31. The number of hydrogen-bond donors (Lipinski definition) is 0. The van der Waals surface area contributed by atoms with E-state index >= 15 is 0 Å². The number of nitriles is 1. The average molecular weight is 374 g/mol. The number of aromatic nitrogens is 1. The molecular weight excluding hydrogens is 356 g/mol. The molecule has 4 nitrogen and oxygen atoms in total. The highest BCUT2D eigenvalue weighted by molar-refractivity contribution is 7.11. The molecule has 0 amide bonds. The number of nitrogens with zero attached hydrogens (tertiary/aromatic N) is 2. The summed E-state index contributed by atoms with van der Waals surface area (Å²) in [6.07, 6.45) is 3.47. The lowest BCUT2D eigenvalue weighted by molar-refractivity contribution is 0.326. The maximum Gasteiger partial charge on any atom is 0.161 e. The van der Waals surface area contributed by atoms with E-state index in [9.17, 15) is 5.26 Å². The van der Waals surface area contributed by atoms with Crippen LogP contribution in [0.5, 0.6) is 11.5 Å². The Kier molecular flexibility index (Phi) is 6.03.